The molecule has 0 radical (unpaired) electrons. The van der Waals surface area contributed by atoms with Gasteiger partial charge in [-0.15, -0.1) is 0 Å². The Kier molecular flexibility index (Phi) is 7.30. The highest BCUT2D eigenvalue weighted by atomic mass is 35.5. The lowest BCUT2D eigenvalue weighted by Crippen LogP contribution is -2.39. The minimum Gasteiger partial charge on any atom is -0.479 e. The summed E-state index contributed by atoms with van der Waals surface area (Å²) in [4.78, 5) is 24.2. The predicted molar refractivity (Wildman–Crippen MR) is 101 cm³/mol. The molecule has 0 aliphatic heterocycles. The first-order valence-corrected chi connectivity index (χ1v) is 8.70. The van der Waals surface area contributed by atoms with E-state index in [-0.39, 0.29) is 11.4 Å². The SMILES string of the molecule is COC(=O)CC(NC(=O)C(C)Oc1cccc(Cl)c1Cl)c1ccccc1. The Morgan fingerprint density at radius 3 is 2.42 bits per heavy atom. The predicted octanol–water partition coefficient (Wildman–Crippen LogP) is 4.18. The van der Waals surface area contributed by atoms with Crippen molar-refractivity contribution in [1.29, 1.82) is 0 Å². The quantitative estimate of drug-likeness (QED) is 0.714. The third-order valence-electron chi connectivity index (χ3n) is 3.71. The average molecular weight is 396 g/mol. The molecule has 2 unspecified atom stereocenters. The molecule has 0 saturated carbocycles. The third kappa shape index (κ3) is 5.38. The zero-order valence-corrected chi connectivity index (χ0v) is 15.9. The number of halogens is 2. The number of rotatable bonds is 7. The molecule has 5 nitrogen and oxygen atoms in total. The Hall–Kier alpha value is -2.24. The molecule has 0 heterocycles. The molecular weight excluding hydrogens is 377 g/mol. The van der Waals surface area contributed by atoms with Gasteiger partial charge >= 0.3 is 5.97 Å². The number of carbonyl (C=O) groups is 2. The maximum atomic E-state index is 12.5. The van der Waals surface area contributed by atoms with Crippen LogP contribution in [0, 0.1) is 0 Å². The molecule has 0 aliphatic carbocycles. The van der Waals surface area contributed by atoms with Crippen molar-refractivity contribution in [2.45, 2.75) is 25.5 Å². The molecule has 1 N–H and O–H groups in total. The summed E-state index contributed by atoms with van der Waals surface area (Å²) in [7, 11) is 1.30. The molecule has 2 atom stereocenters. The van der Waals surface area contributed by atoms with E-state index in [1.807, 2.05) is 30.3 Å². The molecule has 0 aromatic heterocycles. The number of nitrogens with one attached hydrogen (secondary N) is 1. The van der Waals surface area contributed by atoms with Crippen molar-refractivity contribution in [1.82, 2.24) is 5.32 Å². The summed E-state index contributed by atoms with van der Waals surface area (Å²) in [5.74, 6) is -0.504. The standard InChI is InChI=1S/C19H19Cl2NO4/c1-12(26-16-10-6-9-14(20)18(16)21)19(24)22-15(11-17(23)25-2)13-7-4-3-5-8-13/h3-10,12,15H,11H2,1-2H3,(H,22,24). The molecule has 138 valence electrons. The number of benzene rings is 2. The van der Waals surface area contributed by atoms with Gasteiger partial charge in [0.15, 0.2) is 6.10 Å². The summed E-state index contributed by atoms with van der Waals surface area (Å²) in [5.41, 5.74) is 0.791. The van der Waals surface area contributed by atoms with Crippen molar-refractivity contribution in [3.05, 3.63) is 64.1 Å². The fourth-order valence-corrected chi connectivity index (χ4v) is 2.63. The number of hydrogen-bond donors (Lipinski definition) is 1. The Morgan fingerprint density at radius 1 is 1.08 bits per heavy atom. The first-order chi connectivity index (χ1) is 12.4. The molecule has 2 aromatic rings. The molecule has 26 heavy (non-hydrogen) atoms. The summed E-state index contributed by atoms with van der Waals surface area (Å²) in [6, 6.07) is 13.6. The summed E-state index contributed by atoms with van der Waals surface area (Å²) in [6.07, 6.45) is -0.827. The van der Waals surface area contributed by atoms with Gasteiger partial charge in [0.2, 0.25) is 0 Å². The van der Waals surface area contributed by atoms with Crippen LogP contribution >= 0.6 is 23.2 Å². The average Bonchev–Trinajstić information content (AvgIpc) is 2.65. The van der Waals surface area contributed by atoms with E-state index < -0.39 is 24.0 Å². The van der Waals surface area contributed by atoms with Crippen molar-refractivity contribution in [3.63, 3.8) is 0 Å². The monoisotopic (exact) mass is 395 g/mol. The number of methoxy groups -OCH3 is 1. The van der Waals surface area contributed by atoms with Gasteiger partial charge in [0.1, 0.15) is 10.8 Å². The van der Waals surface area contributed by atoms with Crippen molar-refractivity contribution >= 4 is 35.1 Å². The van der Waals surface area contributed by atoms with E-state index in [1.165, 1.54) is 7.11 Å². The highest BCUT2D eigenvalue weighted by Crippen LogP contribution is 2.32. The highest BCUT2D eigenvalue weighted by molar-refractivity contribution is 6.42. The molecule has 2 aromatic carbocycles. The maximum Gasteiger partial charge on any atom is 0.307 e. The molecular formula is C19H19Cl2NO4. The fourth-order valence-electron chi connectivity index (χ4n) is 2.30. The van der Waals surface area contributed by atoms with E-state index in [0.717, 1.165) is 5.56 Å². The molecule has 0 bridgehead atoms. The Labute approximate surface area is 162 Å². The summed E-state index contributed by atoms with van der Waals surface area (Å²) in [6.45, 7) is 1.59. The lowest BCUT2D eigenvalue weighted by atomic mass is 10.0. The van der Waals surface area contributed by atoms with Gasteiger partial charge < -0.3 is 14.8 Å². The van der Waals surface area contributed by atoms with Crippen LogP contribution in [0.1, 0.15) is 24.9 Å². The van der Waals surface area contributed by atoms with Crippen LogP contribution in [-0.4, -0.2) is 25.1 Å². The van der Waals surface area contributed by atoms with E-state index in [1.54, 1.807) is 25.1 Å². The van der Waals surface area contributed by atoms with Gasteiger partial charge in [-0.1, -0.05) is 59.6 Å². The van der Waals surface area contributed by atoms with Crippen molar-refractivity contribution < 1.29 is 19.1 Å². The van der Waals surface area contributed by atoms with Crippen LogP contribution in [0.2, 0.25) is 10.0 Å². The lowest BCUT2D eigenvalue weighted by Gasteiger charge is -2.21. The van der Waals surface area contributed by atoms with Crippen LogP contribution < -0.4 is 10.1 Å². The van der Waals surface area contributed by atoms with E-state index in [9.17, 15) is 9.59 Å². The summed E-state index contributed by atoms with van der Waals surface area (Å²) in [5, 5.41) is 3.39. The normalized spacial score (nSPS) is 12.8. The van der Waals surface area contributed by atoms with Gasteiger partial charge in [-0.2, -0.15) is 0 Å². The van der Waals surface area contributed by atoms with E-state index in [4.69, 9.17) is 32.7 Å². The van der Waals surface area contributed by atoms with Crippen molar-refractivity contribution in [2.75, 3.05) is 7.11 Å². The largest absolute Gasteiger partial charge is 0.479 e. The van der Waals surface area contributed by atoms with Gasteiger partial charge in [-0.25, -0.2) is 0 Å². The van der Waals surface area contributed by atoms with Crippen LogP contribution in [-0.2, 0) is 14.3 Å². The number of ether oxygens (including phenoxy) is 2. The lowest BCUT2D eigenvalue weighted by molar-refractivity contribution is -0.141. The second-order valence-corrected chi connectivity index (χ2v) is 6.35. The van der Waals surface area contributed by atoms with Crippen LogP contribution in [0.3, 0.4) is 0 Å². The molecule has 0 aliphatic rings. The second kappa shape index (κ2) is 9.46. The number of hydrogen-bond acceptors (Lipinski definition) is 4. The molecule has 0 fully saturated rings. The van der Waals surface area contributed by atoms with Gasteiger partial charge in [-0.3, -0.25) is 9.59 Å². The number of carbonyl (C=O) groups excluding carboxylic acids is 2. The minimum absolute atomic E-state index is 0.0108. The second-order valence-electron chi connectivity index (χ2n) is 5.56. The van der Waals surface area contributed by atoms with Crippen LogP contribution in [0.4, 0.5) is 0 Å². The van der Waals surface area contributed by atoms with Gasteiger partial charge in [0, 0.05) is 0 Å². The summed E-state index contributed by atoms with van der Waals surface area (Å²) >= 11 is 12.0. The zero-order valence-electron chi connectivity index (χ0n) is 14.4. The van der Waals surface area contributed by atoms with E-state index >= 15 is 0 Å². The van der Waals surface area contributed by atoms with Crippen LogP contribution in [0.5, 0.6) is 5.75 Å². The smallest absolute Gasteiger partial charge is 0.307 e. The summed E-state index contributed by atoms with van der Waals surface area (Å²) < 4.78 is 10.3. The molecule has 0 spiro atoms. The Bertz CT molecular complexity index is 767. The van der Waals surface area contributed by atoms with Gasteiger partial charge in [0.05, 0.1) is 24.6 Å². The first-order valence-electron chi connectivity index (χ1n) is 7.95. The van der Waals surface area contributed by atoms with E-state index in [2.05, 4.69) is 5.32 Å². The van der Waals surface area contributed by atoms with Crippen LogP contribution in [0.15, 0.2) is 48.5 Å². The Morgan fingerprint density at radius 2 is 1.77 bits per heavy atom. The number of esters is 1. The molecule has 7 heteroatoms. The van der Waals surface area contributed by atoms with E-state index in [0.29, 0.717) is 10.8 Å². The van der Waals surface area contributed by atoms with Gasteiger partial charge in [-0.05, 0) is 24.6 Å². The molecule has 0 saturated heterocycles. The third-order valence-corrected chi connectivity index (χ3v) is 4.51. The highest BCUT2D eigenvalue weighted by Gasteiger charge is 2.23. The molecule has 2 rings (SSSR count). The van der Waals surface area contributed by atoms with Crippen molar-refractivity contribution in [3.8, 4) is 5.75 Å². The fraction of sp³-hybridized carbons (Fsp3) is 0.263. The maximum absolute atomic E-state index is 12.5. The van der Waals surface area contributed by atoms with Gasteiger partial charge in [0.25, 0.3) is 5.91 Å². The first kappa shape index (κ1) is 20.1. The number of amides is 1. The Balaban J connectivity index is 2.10. The topological polar surface area (TPSA) is 64.6 Å². The van der Waals surface area contributed by atoms with Crippen LogP contribution in [0.25, 0.3) is 0 Å². The minimum atomic E-state index is -0.838. The molecule has 1 amide bonds. The zero-order chi connectivity index (χ0) is 19.1. The van der Waals surface area contributed by atoms with Crippen molar-refractivity contribution in [2.24, 2.45) is 0 Å².